The molecule has 23 heavy (non-hydrogen) atoms. The van der Waals surface area contributed by atoms with E-state index in [1.807, 2.05) is 24.3 Å². The number of carboxylic acid groups (broad SMARTS) is 1. The summed E-state index contributed by atoms with van der Waals surface area (Å²) in [6, 6.07) is 7.42. The zero-order chi connectivity index (χ0) is 16.5. The van der Waals surface area contributed by atoms with Gasteiger partial charge in [0.25, 0.3) is 0 Å². The van der Waals surface area contributed by atoms with Gasteiger partial charge in [-0.05, 0) is 37.0 Å². The summed E-state index contributed by atoms with van der Waals surface area (Å²) in [7, 11) is 0. The van der Waals surface area contributed by atoms with E-state index in [0.29, 0.717) is 31.7 Å². The van der Waals surface area contributed by atoms with Gasteiger partial charge in [-0.15, -0.1) is 0 Å². The van der Waals surface area contributed by atoms with Crippen LogP contribution < -0.4 is 10.1 Å². The van der Waals surface area contributed by atoms with Crippen molar-refractivity contribution in [1.82, 2.24) is 5.32 Å². The molecule has 0 bridgehead atoms. The van der Waals surface area contributed by atoms with Gasteiger partial charge in [0.1, 0.15) is 5.75 Å². The zero-order valence-electron chi connectivity index (χ0n) is 13.1. The Kier molecular flexibility index (Phi) is 6.87. The standard InChI is InChI=1S/C17H23NO5/c19-16(11-15-3-1-9-23-15)18-12-13-5-7-14(8-6-13)22-10-2-4-17(20)21/h5-8,15H,1-4,9-12H2,(H,18,19)(H,20,21). The topological polar surface area (TPSA) is 84.9 Å². The molecule has 1 amide bonds. The van der Waals surface area contributed by atoms with Gasteiger partial charge in [-0.1, -0.05) is 12.1 Å². The lowest BCUT2D eigenvalue weighted by Gasteiger charge is -2.10. The fourth-order valence-electron chi connectivity index (χ4n) is 2.40. The van der Waals surface area contributed by atoms with Crippen LogP contribution in [-0.2, 0) is 20.9 Å². The Morgan fingerprint density at radius 1 is 1.30 bits per heavy atom. The van der Waals surface area contributed by atoms with Crippen LogP contribution in [0.15, 0.2) is 24.3 Å². The predicted octanol–water partition coefficient (Wildman–Crippen LogP) is 2.12. The van der Waals surface area contributed by atoms with Crippen LogP contribution in [0.5, 0.6) is 5.75 Å². The minimum atomic E-state index is -0.817. The van der Waals surface area contributed by atoms with Crippen molar-refractivity contribution in [2.75, 3.05) is 13.2 Å². The van der Waals surface area contributed by atoms with E-state index in [0.717, 1.165) is 25.0 Å². The summed E-state index contributed by atoms with van der Waals surface area (Å²) in [5.41, 5.74) is 0.989. The van der Waals surface area contributed by atoms with Crippen molar-refractivity contribution in [3.05, 3.63) is 29.8 Å². The lowest BCUT2D eigenvalue weighted by molar-refractivity contribution is -0.137. The van der Waals surface area contributed by atoms with Crippen molar-refractivity contribution in [3.63, 3.8) is 0 Å². The molecule has 1 fully saturated rings. The van der Waals surface area contributed by atoms with Crippen LogP contribution in [0.2, 0.25) is 0 Å². The van der Waals surface area contributed by atoms with E-state index in [4.69, 9.17) is 14.6 Å². The maximum Gasteiger partial charge on any atom is 0.303 e. The Balaban J connectivity index is 1.65. The molecule has 2 rings (SSSR count). The summed E-state index contributed by atoms with van der Waals surface area (Å²) >= 11 is 0. The Hall–Kier alpha value is -2.08. The van der Waals surface area contributed by atoms with Crippen LogP contribution in [0.4, 0.5) is 0 Å². The van der Waals surface area contributed by atoms with Gasteiger partial charge in [-0.25, -0.2) is 0 Å². The van der Waals surface area contributed by atoms with Crippen LogP contribution in [0.1, 0.15) is 37.7 Å². The van der Waals surface area contributed by atoms with Gasteiger partial charge in [0, 0.05) is 19.6 Å². The molecule has 6 heteroatoms. The summed E-state index contributed by atoms with van der Waals surface area (Å²) in [4.78, 5) is 22.2. The number of hydrogen-bond acceptors (Lipinski definition) is 4. The highest BCUT2D eigenvalue weighted by atomic mass is 16.5. The second-order valence-corrected chi connectivity index (χ2v) is 5.61. The molecular formula is C17H23NO5. The normalized spacial score (nSPS) is 17.0. The maximum atomic E-state index is 11.8. The van der Waals surface area contributed by atoms with E-state index >= 15 is 0 Å². The molecule has 0 radical (unpaired) electrons. The number of hydrogen-bond donors (Lipinski definition) is 2. The number of aliphatic carboxylic acids is 1. The van der Waals surface area contributed by atoms with Gasteiger partial charge in [0.2, 0.25) is 5.91 Å². The van der Waals surface area contributed by atoms with E-state index < -0.39 is 5.97 Å². The third-order valence-electron chi connectivity index (χ3n) is 3.65. The van der Waals surface area contributed by atoms with Crippen molar-refractivity contribution in [2.24, 2.45) is 0 Å². The van der Waals surface area contributed by atoms with E-state index in [9.17, 15) is 9.59 Å². The van der Waals surface area contributed by atoms with E-state index in [1.165, 1.54) is 0 Å². The quantitative estimate of drug-likeness (QED) is 0.681. The molecule has 1 saturated heterocycles. The van der Waals surface area contributed by atoms with Gasteiger partial charge >= 0.3 is 5.97 Å². The summed E-state index contributed by atoms with van der Waals surface area (Å²) < 4.78 is 10.9. The number of carbonyl (C=O) groups excluding carboxylic acids is 1. The molecule has 6 nitrogen and oxygen atoms in total. The zero-order valence-corrected chi connectivity index (χ0v) is 13.1. The first-order valence-electron chi connectivity index (χ1n) is 7.95. The van der Waals surface area contributed by atoms with E-state index in [-0.39, 0.29) is 18.4 Å². The molecule has 1 atom stereocenters. The molecule has 0 aliphatic carbocycles. The molecule has 2 N–H and O–H groups in total. The number of nitrogens with one attached hydrogen (secondary N) is 1. The summed E-state index contributed by atoms with van der Waals surface area (Å²) in [6.45, 7) is 1.61. The van der Waals surface area contributed by atoms with Crippen molar-refractivity contribution in [2.45, 2.75) is 44.8 Å². The van der Waals surface area contributed by atoms with Gasteiger partial charge in [0.15, 0.2) is 0 Å². The van der Waals surface area contributed by atoms with Crippen LogP contribution in [-0.4, -0.2) is 36.3 Å². The molecular weight excluding hydrogens is 298 g/mol. The first kappa shape index (κ1) is 17.3. The Labute approximate surface area is 135 Å². The van der Waals surface area contributed by atoms with Crippen LogP contribution in [0.25, 0.3) is 0 Å². The first-order chi connectivity index (χ1) is 11.1. The number of rotatable bonds is 9. The van der Waals surface area contributed by atoms with Crippen molar-refractivity contribution < 1.29 is 24.2 Å². The van der Waals surface area contributed by atoms with Gasteiger partial charge in [0.05, 0.1) is 19.1 Å². The molecule has 126 valence electrons. The highest BCUT2D eigenvalue weighted by Gasteiger charge is 2.18. The predicted molar refractivity (Wildman–Crippen MR) is 84.2 cm³/mol. The maximum absolute atomic E-state index is 11.8. The van der Waals surface area contributed by atoms with Crippen LogP contribution in [0.3, 0.4) is 0 Å². The summed E-state index contributed by atoms with van der Waals surface area (Å²) in [5, 5.41) is 11.4. The molecule has 1 aliphatic rings. The van der Waals surface area contributed by atoms with E-state index in [1.54, 1.807) is 0 Å². The monoisotopic (exact) mass is 321 g/mol. The molecule has 1 aromatic carbocycles. The number of amides is 1. The molecule has 0 aromatic heterocycles. The number of benzene rings is 1. The third kappa shape index (κ3) is 6.69. The molecule has 1 heterocycles. The van der Waals surface area contributed by atoms with Crippen LogP contribution >= 0.6 is 0 Å². The number of carboxylic acids is 1. The molecule has 1 aliphatic heterocycles. The largest absolute Gasteiger partial charge is 0.494 e. The van der Waals surface area contributed by atoms with Crippen LogP contribution in [0, 0.1) is 0 Å². The lowest BCUT2D eigenvalue weighted by atomic mass is 10.1. The average molecular weight is 321 g/mol. The smallest absolute Gasteiger partial charge is 0.303 e. The third-order valence-corrected chi connectivity index (χ3v) is 3.65. The van der Waals surface area contributed by atoms with E-state index in [2.05, 4.69) is 5.32 Å². The fraction of sp³-hybridized carbons (Fsp3) is 0.529. The Morgan fingerprint density at radius 3 is 2.74 bits per heavy atom. The first-order valence-corrected chi connectivity index (χ1v) is 7.95. The Bertz CT molecular complexity index is 508. The number of ether oxygens (including phenoxy) is 2. The second-order valence-electron chi connectivity index (χ2n) is 5.61. The van der Waals surface area contributed by atoms with Gasteiger partial charge in [-0.2, -0.15) is 0 Å². The lowest BCUT2D eigenvalue weighted by Crippen LogP contribution is -2.26. The highest BCUT2D eigenvalue weighted by molar-refractivity contribution is 5.76. The van der Waals surface area contributed by atoms with Crippen molar-refractivity contribution in [3.8, 4) is 5.75 Å². The average Bonchev–Trinajstić information content (AvgIpc) is 3.03. The van der Waals surface area contributed by atoms with Crippen molar-refractivity contribution in [1.29, 1.82) is 0 Å². The number of carbonyl (C=O) groups is 2. The minimum Gasteiger partial charge on any atom is -0.494 e. The molecule has 0 spiro atoms. The highest BCUT2D eigenvalue weighted by Crippen LogP contribution is 2.15. The SMILES string of the molecule is O=C(O)CCCOc1ccc(CNC(=O)CC2CCCO2)cc1. The second kappa shape index (κ2) is 9.15. The van der Waals surface area contributed by atoms with Gasteiger partial charge < -0.3 is 19.9 Å². The molecule has 0 saturated carbocycles. The van der Waals surface area contributed by atoms with Gasteiger partial charge in [-0.3, -0.25) is 9.59 Å². The summed E-state index contributed by atoms with van der Waals surface area (Å²) in [5.74, 6) is -0.113. The minimum absolute atomic E-state index is 0.00546. The molecule has 1 unspecified atom stereocenters. The Morgan fingerprint density at radius 2 is 2.09 bits per heavy atom. The summed E-state index contributed by atoms with van der Waals surface area (Å²) in [6.07, 6.45) is 3.07. The fourth-order valence-corrected chi connectivity index (χ4v) is 2.40. The van der Waals surface area contributed by atoms with Crippen molar-refractivity contribution >= 4 is 11.9 Å². The molecule has 1 aromatic rings.